The van der Waals surface area contributed by atoms with Crippen molar-refractivity contribution in [3.63, 3.8) is 0 Å². The number of amides is 2. The second-order valence-electron chi connectivity index (χ2n) is 7.61. The average molecular weight is 394 g/mol. The lowest BCUT2D eigenvalue weighted by molar-refractivity contribution is -0.122. The Bertz CT molecular complexity index is 1000. The summed E-state index contributed by atoms with van der Waals surface area (Å²) in [6.45, 7) is 3.67. The number of pyridine rings is 1. The summed E-state index contributed by atoms with van der Waals surface area (Å²) in [5.41, 5.74) is 2.57. The molecule has 2 aromatic rings. The summed E-state index contributed by atoms with van der Waals surface area (Å²) >= 11 is 0. The van der Waals surface area contributed by atoms with Crippen molar-refractivity contribution in [1.82, 2.24) is 15.2 Å². The van der Waals surface area contributed by atoms with E-state index < -0.39 is 23.8 Å². The lowest BCUT2D eigenvalue weighted by atomic mass is 9.90. The van der Waals surface area contributed by atoms with Crippen molar-refractivity contribution < 1.29 is 19.8 Å². The summed E-state index contributed by atoms with van der Waals surface area (Å²) in [5, 5.41) is 22.4. The summed E-state index contributed by atoms with van der Waals surface area (Å²) in [7, 11) is 0. The molecule has 2 aliphatic rings. The maximum absolute atomic E-state index is 12.7. The van der Waals surface area contributed by atoms with Crippen LogP contribution in [0.5, 0.6) is 0 Å². The molecule has 150 valence electrons. The number of aliphatic imine (C=N–C) groups is 1. The first-order chi connectivity index (χ1) is 13.8. The van der Waals surface area contributed by atoms with Gasteiger partial charge in [0.2, 0.25) is 0 Å². The molecule has 3 heterocycles. The highest BCUT2D eigenvalue weighted by Gasteiger charge is 2.47. The predicted octanol–water partition coefficient (Wildman–Crippen LogP) is 1.91. The highest BCUT2D eigenvalue weighted by atomic mass is 16.4. The molecule has 0 aliphatic carbocycles. The molecule has 0 spiro atoms. The minimum atomic E-state index is -1.15. The Kier molecular flexibility index (Phi) is 4.58. The summed E-state index contributed by atoms with van der Waals surface area (Å²) in [6.07, 6.45) is 0.0350. The summed E-state index contributed by atoms with van der Waals surface area (Å²) < 4.78 is 0. The summed E-state index contributed by atoms with van der Waals surface area (Å²) in [6, 6.07) is 10.8. The van der Waals surface area contributed by atoms with Gasteiger partial charge in [-0.3, -0.25) is 14.7 Å². The number of aromatic nitrogens is 1. The summed E-state index contributed by atoms with van der Waals surface area (Å²) in [5.74, 6) is -0.104. The Hall–Kier alpha value is -3.26. The molecule has 1 saturated heterocycles. The molecule has 8 heteroatoms. The van der Waals surface area contributed by atoms with Crippen molar-refractivity contribution in [1.29, 1.82) is 0 Å². The fourth-order valence-electron chi connectivity index (χ4n) is 3.97. The van der Waals surface area contributed by atoms with Crippen LogP contribution in [0.1, 0.15) is 24.6 Å². The monoisotopic (exact) mass is 394 g/mol. The van der Waals surface area contributed by atoms with Gasteiger partial charge in [-0.2, -0.15) is 4.99 Å². The maximum Gasteiger partial charge on any atom is 0.408 e. The van der Waals surface area contributed by atoms with Gasteiger partial charge in [0.15, 0.2) is 0 Å². The lowest BCUT2D eigenvalue weighted by Crippen LogP contribution is -2.49. The largest absolute Gasteiger partial charge is 0.465 e. The predicted molar refractivity (Wildman–Crippen MR) is 106 cm³/mol. The quantitative estimate of drug-likeness (QED) is 0.733. The number of likely N-dealkylation sites (tertiary alicyclic amines) is 1. The molecule has 1 fully saturated rings. The van der Waals surface area contributed by atoms with E-state index in [0.29, 0.717) is 0 Å². The van der Waals surface area contributed by atoms with E-state index in [9.17, 15) is 19.8 Å². The molecule has 2 amide bonds. The Morgan fingerprint density at radius 1 is 1.28 bits per heavy atom. The molecule has 1 aromatic heterocycles. The molecule has 0 radical (unpaired) electrons. The fourth-order valence-corrected chi connectivity index (χ4v) is 3.97. The van der Waals surface area contributed by atoms with Crippen molar-refractivity contribution in [2.24, 2.45) is 4.99 Å². The Morgan fingerprint density at radius 2 is 2.00 bits per heavy atom. The van der Waals surface area contributed by atoms with Crippen LogP contribution in [0.15, 0.2) is 47.6 Å². The third-order valence-electron chi connectivity index (χ3n) is 5.65. The van der Waals surface area contributed by atoms with E-state index in [-0.39, 0.29) is 24.7 Å². The van der Waals surface area contributed by atoms with Crippen molar-refractivity contribution >= 4 is 17.8 Å². The molecule has 4 rings (SSSR count). The molecule has 2 unspecified atom stereocenters. The molecule has 0 bridgehead atoms. The number of carbonyl (C=O) groups is 2. The van der Waals surface area contributed by atoms with Crippen LogP contribution in [0.25, 0.3) is 11.1 Å². The van der Waals surface area contributed by atoms with E-state index in [0.717, 1.165) is 27.3 Å². The van der Waals surface area contributed by atoms with Gasteiger partial charge in [0.1, 0.15) is 11.4 Å². The Balaban J connectivity index is 1.59. The smallest absolute Gasteiger partial charge is 0.408 e. The van der Waals surface area contributed by atoms with Crippen LogP contribution in [-0.2, 0) is 10.3 Å². The summed E-state index contributed by atoms with van der Waals surface area (Å²) in [4.78, 5) is 33.7. The minimum Gasteiger partial charge on any atom is -0.465 e. The highest BCUT2D eigenvalue weighted by Crippen LogP contribution is 2.31. The van der Waals surface area contributed by atoms with Gasteiger partial charge in [-0.05, 0) is 31.0 Å². The van der Waals surface area contributed by atoms with Gasteiger partial charge in [0.05, 0.1) is 18.7 Å². The number of nitrogens with one attached hydrogen (secondary N) is 1. The van der Waals surface area contributed by atoms with E-state index in [1.54, 1.807) is 13.1 Å². The third-order valence-corrected chi connectivity index (χ3v) is 5.65. The number of carboxylic acid groups (broad SMARTS) is 1. The van der Waals surface area contributed by atoms with Gasteiger partial charge < -0.3 is 15.5 Å². The third kappa shape index (κ3) is 3.25. The normalized spacial score (nSPS) is 26.4. The fraction of sp³-hybridized carbons (Fsp3) is 0.333. The molecule has 0 saturated carbocycles. The molecule has 1 aromatic carbocycles. The highest BCUT2D eigenvalue weighted by molar-refractivity contribution is 6.09. The van der Waals surface area contributed by atoms with Crippen LogP contribution in [0.2, 0.25) is 0 Å². The number of amidine groups is 1. The maximum atomic E-state index is 12.7. The number of hydrogen-bond acceptors (Lipinski definition) is 5. The number of β-amino-alcohol motifs (C(OH)–C–C–N with tert-alkyl or cyclic N) is 1. The molecular weight excluding hydrogens is 372 g/mol. The molecule has 3 atom stereocenters. The number of aryl methyl sites for hydroxylation is 1. The topological polar surface area (TPSA) is 115 Å². The van der Waals surface area contributed by atoms with Gasteiger partial charge in [-0.25, -0.2) is 4.79 Å². The first-order valence-electron chi connectivity index (χ1n) is 9.41. The average Bonchev–Trinajstić information content (AvgIpc) is 3.23. The van der Waals surface area contributed by atoms with Crippen molar-refractivity contribution in [3.05, 3.63) is 53.9 Å². The second kappa shape index (κ2) is 6.97. The van der Waals surface area contributed by atoms with Gasteiger partial charge in [-0.15, -0.1) is 0 Å². The van der Waals surface area contributed by atoms with Crippen LogP contribution < -0.4 is 5.32 Å². The van der Waals surface area contributed by atoms with Crippen LogP contribution in [-0.4, -0.2) is 56.6 Å². The van der Waals surface area contributed by atoms with Gasteiger partial charge in [-0.1, -0.05) is 30.3 Å². The molecule has 29 heavy (non-hydrogen) atoms. The van der Waals surface area contributed by atoms with Crippen molar-refractivity contribution in [3.8, 4) is 11.1 Å². The minimum absolute atomic E-state index is 0.00473. The number of carbonyl (C=O) groups excluding carboxylic acids is 1. The van der Waals surface area contributed by atoms with Gasteiger partial charge >= 0.3 is 6.09 Å². The SMILES string of the molecule is Cc1ncccc1-c1ccc(C2(C)NC(C3C[C@@H](O)CN3C(=O)O)=NC2=O)cc1. The van der Waals surface area contributed by atoms with E-state index in [4.69, 9.17) is 0 Å². The van der Waals surface area contributed by atoms with E-state index in [2.05, 4.69) is 15.3 Å². The second-order valence-corrected chi connectivity index (χ2v) is 7.61. The number of rotatable bonds is 3. The zero-order chi connectivity index (χ0) is 20.8. The zero-order valence-electron chi connectivity index (χ0n) is 16.2. The zero-order valence-corrected chi connectivity index (χ0v) is 16.2. The van der Waals surface area contributed by atoms with Crippen LogP contribution in [0.4, 0.5) is 4.79 Å². The van der Waals surface area contributed by atoms with Gasteiger partial charge in [0, 0.05) is 23.9 Å². The Morgan fingerprint density at radius 3 is 2.66 bits per heavy atom. The van der Waals surface area contributed by atoms with E-state index >= 15 is 0 Å². The number of aliphatic hydroxyl groups is 1. The van der Waals surface area contributed by atoms with Gasteiger partial charge in [0.25, 0.3) is 5.91 Å². The number of nitrogens with zero attached hydrogens (tertiary/aromatic N) is 3. The van der Waals surface area contributed by atoms with Crippen molar-refractivity contribution in [2.75, 3.05) is 6.54 Å². The molecular formula is C21H22N4O4. The van der Waals surface area contributed by atoms with Crippen LogP contribution in [0.3, 0.4) is 0 Å². The number of hydrogen-bond donors (Lipinski definition) is 3. The van der Waals surface area contributed by atoms with E-state index in [1.807, 2.05) is 43.3 Å². The lowest BCUT2D eigenvalue weighted by Gasteiger charge is -2.27. The van der Waals surface area contributed by atoms with Crippen molar-refractivity contribution in [2.45, 2.75) is 38.0 Å². The molecule has 3 N–H and O–H groups in total. The molecule has 8 nitrogen and oxygen atoms in total. The first-order valence-corrected chi connectivity index (χ1v) is 9.41. The number of aliphatic hydroxyl groups excluding tert-OH is 1. The van der Waals surface area contributed by atoms with Crippen LogP contribution in [0, 0.1) is 6.92 Å². The van der Waals surface area contributed by atoms with E-state index in [1.165, 1.54) is 0 Å². The van der Waals surface area contributed by atoms with Crippen LogP contribution >= 0.6 is 0 Å². The Labute approximate surface area is 167 Å². The first kappa shape index (κ1) is 19.1. The number of benzene rings is 1. The molecule has 2 aliphatic heterocycles. The standard InChI is InChI=1S/C21H22N4O4/c1-12-16(4-3-9-22-12)13-5-7-14(8-6-13)21(2)19(27)23-18(24-21)17-10-15(26)11-25(17)20(28)29/h3-9,15,17,26H,10-11H2,1-2H3,(H,28,29)(H,23,24,27)/t15-,17?,21?/m1/s1.